The number of nitrogens with one attached hydrogen (secondary N) is 2. The highest BCUT2D eigenvalue weighted by Crippen LogP contribution is 2.65. The van der Waals surface area contributed by atoms with E-state index in [1.54, 1.807) is 0 Å². The first-order valence-electron chi connectivity index (χ1n) is 13.3. The maximum Gasteiger partial charge on any atom is 0.419 e. The topological polar surface area (TPSA) is 102 Å². The molecule has 0 heterocycles. The van der Waals surface area contributed by atoms with Crippen LogP contribution >= 0.6 is 34.8 Å². The number of anilines is 2. The molecular formula is C30H20Cl3F7N2O5. The molecule has 1 saturated carbocycles. The molecule has 3 aromatic carbocycles. The van der Waals surface area contributed by atoms with Crippen molar-refractivity contribution in [1.82, 2.24) is 0 Å². The highest BCUT2D eigenvalue weighted by molar-refractivity contribution is 6.53. The number of ketones is 1. The Morgan fingerprint density at radius 3 is 2.26 bits per heavy atom. The zero-order valence-electron chi connectivity index (χ0n) is 23.6. The van der Waals surface area contributed by atoms with Gasteiger partial charge in [-0.2, -0.15) is 13.2 Å². The maximum absolute atomic E-state index is 15.1. The number of ether oxygens (including phenoxy) is 1. The number of esters is 1. The number of halogens is 10. The van der Waals surface area contributed by atoms with E-state index in [0.29, 0.717) is 18.2 Å². The predicted octanol–water partition coefficient (Wildman–Crippen LogP) is 7.57. The minimum Gasteiger partial charge on any atom is -0.463 e. The van der Waals surface area contributed by atoms with Gasteiger partial charge in [0.25, 0.3) is 12.1 Å². The Morgan fingerprint density at radius 2 is 1.62 bits per heavy atom. The lowest BCUT2D eigenvalue weighted by atomic mass is 10.0. The molecule has 0 saturated heterocycles. The Bertz CT molecular complexity index is 1770. The Morgan fingerprint density at radius 1 is 0.957 bits per heavy atom. The average molecular weight is 728 g/mol. The summed E-state index contributed by atoms with van der Waals surface area (Å²) in [6, 6.07) is 7.05. The molecule has 0 spiro atoms. The molecule has 3 atom stereocenters. The third-order valence-corrected chi connectivity index (χ3v) is 8.30. The third-order valence-electron chi connectivity index (χ3n) is 7.03. The van der Waals surface area contributed by atoms with E-state index in [0.717, 1.165) is 18.2 Å². The summed E-state index contributed by atoms with van der Waals surface area (Å²) in [4.78, 5) is 49.6. The van der Waals surface area contributed by atoms with Crippen molar-refractivity contribution < 1.29 is 54.6 Å². The molecule has 1 aliphatic rings. The second kappa shape index (κ2) is 13.7. The van der Waals surface area contributed by atoms with Crippen molar-refractivity contribution in [2.45, 2.75) is 35.9 Å². The summed E-state index contributed by atoms with van der Waals surface area (Å²) in [5.41, 5.74) is -3.74. The largest absolute Gasteiger partial charge is 0.463 e. The van der Waals surface area contributed by atoms with Crippen LogP contribution in [0.15, 0.2) is 48.5 Å². The molecule has 0 aliphatic heterocycles. The van der Waals surface area contributed by atoms with Crippen LogP contribution in [-0.4, -0.2) is 40.7 Å². The molecule has 7 nitrogen and oxygen atoms in total. The van der Waals surface area contributed by atoms with Crippen molar-refractivity contribution in [3.63, 3.8) is 0 Å². The molecule has 2 N–H and O–H groups in total. The van der Waals surface area contributed by atoms with Gasteiger partial charge in [-0.15, -0.1) is 23.2 Å². The van der Waals surface area contributed by atoms with Gasteiger partial charge in [-0.1, -0.05) is 17.7 Å². The standard InChI is InChI=1S/C30H20Cl3F7N2O5/c1-2-47-28(46)25(37)21(43)11-15-18(34)7-8-20(24(15)36)42-26(44)14-10-13(4-5-17(14)31)41-27(45)23-22(29(23,32)33)12-3-6-19(35)16(9-12)30(38,39)40/h3-10,22-23,25H,2,11H2,1H3,(H,41,45)(H,42,44)/t22-,23+,25?/m0/s1. The molecule has 250 valence electrons. The number of hydrogen-bond donors (Lipinski definition) is 2. The van der Waals surface area contributed by atoms with Gasteiger partial charge in [-0.05, 0) is 55.0 Å². The molecule has 4 rings (SSSR count). The van der Waals surface area contributed by atoms with Crippen molar-refractivity contribution in [1.29, 1.82) is 0 Å². The van der Waals surface area contributed by atoms with Crippen LogP contribution in [0.3, 0.4) is 0 Å². The van der Waals surface area contributed by atoms with Crippen molar-refractivity contribution >= 4 is 69.7 Å². The Kier molecular flexibility index (Phi) is 10.5. The van der Waals surface area contributed by atoms with Crippen molar-refractivity contribution in [2.75, 3.05) is 17.2 Å². The summed E-state index contributed by atoms with van der Waals surface area (Å²) in [6.07, 6.45) is -9.01. The smallest absolute Gasteiger partial charge is 0.419 e. The van der Waals surface area contributed by atoms with Crippen LogP contribution in [0.5, 0.6) is 0 Å². The molecule has 0 aromatic heterocycles. The van der Waals surface area contributed by atoms with Gasteiger partial charge in [0.2, 0.25) is 5.91 Å². The number of carbonyl (C=O) groups excluding carboxylic acids is 4. The summed E-state index contributed by atoms with van der Waals surface area (Å²) in [5.74, 6) is -11.7. The summed E-state index contributed by atoms with van der Waals surface area (Å²) in [5, 5.41) is 4.32. The van der Waals surface area contributed by atoms with Gasteiger partial charge in [0.15, 0.2) is 11.6 Å². The number of amides is 2. The lowest BCUT2D eigenvalue weighted by molar-refractivity contribution is -0.152. The first kappa shape index (κ1) is 36.0. The van der Waals surface area contributed by atoms with Crippen LogP contribution < -0.4 is 10.6 Å². The van der Waals surface area contributed by atoms with Gasteiger partial charge in [0.1, 0.15) is 16.0 Å². The number of hydrogen-bond acceptors (Lipinski definition) is 5. The monoisotopic (exact) mass is 726 g/mol. The van der Waals surface area contributed by atoms with E-state index < -0.39 is 92.8 Å². The third kappa shape index (κ3) is 7.65. The predicted molar refractivity (Wildman–Crippen MR) is 157 cm³/mol. The highest BCUT2D eigenvalue weighted by Gasteiger charge is 2.67. The Balaban J connectivity index is 1.51. The van der Waals surface area contributed by atoms with Crippen molar-refractivity contribution in [2.24, 2.45) is 5.92 Å². The second-order valence-corrected chi connectivity index (χ2v) is 12.0. The van der Waals surface area contributed by atoms with Crippen molar-refractivity contribution in [3.8, 4) is 0 Å². The number of carbonyl (C=O) groups is 4. The Labute approximate surface area is 276 Å². The maximum atomic E-state index is 15.1. The first-order valence-corrected chi connectivity index (χ1v) is 14.5. The molecule has 0 radical (unpaired) electrons. The van der Waals surface area contributed by atoms with E-state index in [1.807, 2.05) is 0 Å². The van der Waals surface area contributed by atoms with Crippen molar-refractivity contribution in [3.05, 3.63) is 93.3 Å². The zero-order valence-corrected chi connectivity index (χ0v) is 25.9. The minimum atomic E-state index is -5.02. The van der Waals surface area contributed by atoms with Gasteiger partial charge >= 0.3 is 12.1 Å². The van der Waals surface area contributed by atoms with Gasteiger partial charge in [0, 0.05) is 23.6 Å². The van der Waals surface area contributed by atoms with E-state index in [1.165, 1.54) is 19.1 Å². The molecule has 3 aromatic rings. The van der Waals surface area contributed by atoms with Crippen LogP contribution in [0.1, 0.15) is 39.9 Å². The molecular weight excluding hydrogens is 708 g/mol. The van der Waals surface area contributed by atoms with Crippen LogP contribution in [-0.2, 0) is 31.7 Å². The van der Waals surface area contributed by atoms with Gasteiger partial charge in [-0.3, -0.25) is 14.4 Å². The van der Waals surface area contributed by atoms with Gasteiger partial charge in [-0.25, -0.2) is 22.4 Å². The summed E-state index contributed by atoms with van der Waals surface area (Å²) in [7, 11) is 0. The molecule has 1 unspecified atom stereocenters. The fraction of sp³-hybridized carbons (Fsp3) is 0.267. The van der Waals surface area contributed by atoms with Crippen LogP contribution in [0.2, 0.25) is 5.02 Å². The zero-order chi connectivity index (χ0) is 35.0. The van der Waals surface area contributed by atoms with Crippen LogP contribution in [0.4, 0.5) is 42.1 Å². The summed E-state index contributed by atoms with van der Waals surface area (Å²) >= 11 is 18.5. The second-order valence-electron chi connectivity index (χ2n) is 10.2. The molecule has 2 amide bonds. The summed E-state index contributed by atoms with van der Waals surface area (Å²) < 4.78 is 99.4. The molecule has 1 fully saturated rings. The van der Waals surface area contributed by atoms with Crippen LogP contribution in [0, 0.1) is 23.4 Å². The van der Waals surface area contributed by atoms with E-state index >= 15 is 4.39 Å². The van der Waals surface area contributed by atoms with Gasteiger partial charge in [0.05, 0.1) is 34.4 Å². The summed E-state index contributed by atoms with van der Waals surface area (Å²) in [6.45, 7) is 1.12. The fourth-order valence-electron chi connectivity index (χ4n) is 4.67. The normalized spacial score (nSPS) is 17.4. The van der Waals surface area contributed by atoms with E-state index in [9.17, 15) is 45.5 Å². The minimum absolute atomic E-state index is 0.0757. The van der Waals surface area contributed by atoms with E-state index in [-0.39, 0.29) is 28.4 Å². The number of benzene rings is 3. The van der Waals surface area contributed by atoms with E-state index in [4.69, 9.17) is 34.8 Å². The molecule has 1 aliphatic carbocycles. The van der Waals surface area contributed by atoms with Gasteiger partial charge < -0.3 is 15.4 Å². The number of Topliss-reactive ketones (excluding diaryl/α,β-unsaturated/α-hetero) is 1. The fourth-order valence-corrected chi connectivity index (χ4v) is 5.71. The molecule has 47 heavy (non-hydrogen) atoms. The lowest BCUT2D eigenvalue weighted by Gasteiger charge is -2.13. The SMILES string of the molecule is CCOC(=O)C(F)C(=O)Cc1c(F)ccc(NC(=O)c2cc(NC(=O)[C@H]3[C@H](c4ccc(F)c(C(F)(F)F)c4)C3(Cl)Cl)ccc2Cl)c1F. The Hall–Kier alpha value is -3.88. The quantitative estimate of drug-likeness (QED) is 0.0972. The van der Waals surface area contributed by atoms with E-state index in [2.05, 4.69) is 15.4 Å². The number of alkyl halides is 6. The lowest BCUT2D eigenvalue weighted by Crippen LogP contribution is -2.29. The molecule has 17 heteroatoms. The first-order chi connectivity index (χ1) is 21.9. The highest BCUT2D eigenvalue weighted by atomic mass is 35.5. The van der Waals surface area contributed by atoms with Crippen LogP contribution in [0.25, 0.3) is 0 Å². The number of rotatable bonds is 10. The molecule has 0 bridgehead atoms. The average Bonchev–Trinajstić information content (AvgIpc) is 3.58.